The highest BCUT2D eigenvalue weighted by molar-refractivity contribution is 6.32. The van der Waals surface area contributed by atoms with Gasteiger partial charge in [0.05, 0.1) is 10.7 Å². The molecule has 0 atom stereocenters. The van der Waals surface area contributed by atoms with Crippen LogP contribution in [0.4, 0.5) is 17.6 Å². The Bertz CT molecular complexity index is 774. The fraction of sp³-hybridized carbons (Fsp3) is 0.400. The topological polar surface area (TPSA) is 27.1 Å². The van der Waals surface area contributed by atoms with E-state index in [2.05, 4.69) is 9.84 Å². The predicted molar refractivity (Wildman–Crippen MR) is 81.7 cm³/mol. The highest BCUT2D eigenvalue weighted by atomic mass is 35.5. The molecule has 0 radical (unpaired) electrons. The van der Waals surface area contributed by atoms with Crippen LogP contribution >= 0.6 is 23.2 Å². The molecular weight excluding hydrogens is 371 g/mol. The SMILES string of the molecule is Fc1cc(Cl)c(OCC(F)(F)F)cc1-n1nc2c(c1Cl)CCCC2. The van der Waals surface area contributed by atoms with E-state index < -0.39 is 18.6 Å². The van der Waals surface area contributed by atoms with E-state index in [0.29, 0.717) is 0 Å². The van der Waals surface area contributed by atoms with Crippen molar-refractivity contribution in [2.75, 3.05) is 6.61 Å². The van der Waals surface area contributed by atoms with Crippen molar-refractivity contribution < 1.29 is 22.3 Å². The number of fused-ring (bicyclic) bond motifs is 1. The molecule has 1 aromatic carbocycles. The van der Waals surface area contributed by atoms with E-state index in [1.807, 2.05) is 0 Å². The van der Waals surface area contributed by atoms with Crippen LogP contribution in [0.3, 0.4) is 0 Å². The fourth-order valence-electron chi connectivity index (χ4n) is 2.62. The van der Waals surface area contributed by atoms with Crippen LogP contribution in [0.25, 0.3) is 5.69 Å². The zero-order valence-corrected chi connectivity index (χ0v) is 13.8. The second-order valence-corrected chi connectivity index (χ2v) is 6.24. The van der Waals surface area contributed by atoms with Crippen LogP contribution < -0.4 is 4.74 Å². The predicted octanol–water partition coefficient (Wildman–Crippen LogP) is 5.14. The summed E-state index contributed by atoms with van der Waals surface area (Å²) in [5.74, 6) is -1.03. The Hall–Kier alpha value is -1.47. The molecule has 24 heavy (non-hydrogen) atoms. The van der Waals surface area contributed by atoms with Crippen LogP contribution in [-0.2, 0) is 12.8 Å². The van der Waals surface area contributed by atoms with Gasteiger partial charge >= 0.3 is 6.18 Å². The minimum absolute atomic E-state index is 0.101. The third-order valence-electron chi connectivity index (χ3n) is 3.72. The van der Waals surface area contributed by atoms with E-state index in [1.165, 1.54) is 4.68 Å². The monoisotopic (exact) mass is 382 g/mol. The van der Waals surface area contributed by atoms with Gasteiger partial charge in [0.25, 0.3) is 0 Å². The molecule has 0 aliphatic heterocycles. The Morgan fingerprint density at radius 1 is 1.17 bits per heavy atom. The molecule has 0 amide bonds. The lowest BCUT2D eigenvalue weighted by Gasteiger charge is -2.13. The Balaban J connectivity index is 2.00. The molecular formula is C15H12Cl2F4N2O. The molecule has 0 N–H and O–H groups in total. The van der Waals surface area contributed by atoms with E-state index in [-0.39, 0.29) is 21.6 Å². The first kappa shape index (κ1) is 17.4. The van der Waals surface area contributed by atoms with Crippen LogP contribution in [-0.4, -0.2) is 22.6 Å². The normalized spacial score (nSPS) is 14.6. The Morgan fingerprint density at radius 3 is 2.54 bits per heavy atom. The van der Waals surface area contributed by atoms with E-state index in [0.717, 1.165) is 49.1 Å². The number of ether oxygens (including phenoxy) is 1. The number of hydrogen-bond acceptors (Lipinski definition) is 2. The van der Waals surface area contributed by atoms with E-state index in [4.69, 9.17) is 23.2 Å². The number of nitrogens with zero attached hydrogens (tertiary/aromatic N) is 2. The number of aromatic nitrogens is 2. The molecule has 2 aromatic rings. The van der Waals surface area contributed by atoms with Gasteiger partial charge in [-0.15, -0.1) is 0 Å². The van der Waals surface area contributed by atoms with Crippen molar-refractivity contribution in [2.24, 2.45) is 0 Å². The van der Waals surface area contributed by atoms with Crippen molar-refractivity contribution in [1.82, 2.24) is 9.78 Å². The fourth-order valence-corrected chi connectivity index (χ4v) is 3.16. The van der Waals surface area contributed by atoms with Crippen molar-refractivity contribution in [3.8, 4) is 11.4 Å². The highest BCUT2D eigenvalue weighted by Gasteiger charge is 2.29. The molecule has 3 rings (SSSR count). The third kappa shape index (κ3) is 3.47. The van der Waals surface area contributed by atoms with E-state index >= 15 is 0 Å². The highest BCUT2D eigenvalue weighted by Crippen LogP contribution is 2.35. The zero-order chi connectivity index (χ0) is 17.5. The first-order chi connectivity index (χ1) is 11.3. The molecule has 0 fully saturated rings. The van der Waals surface area contributed by atoms with Gasteiger partial charge in [-0.05, 0) is 31.7 Å². The molecule has 1 aliphatic rings. The van der Waals surface area contributed by atoms with Crippen LogP contribution in [0.15, 0.2) is 12.1 Å². The van der Waals surface area contributed by atoms with Crippen molar-refractivity contribution in [2.45, 2.75) is 31.9 Å². The quantitative estimate of drug-likeness (QED) is 0.687. The first-order valence-corrected chi connectivity index (χ1v) is 7.97. The average molecular weight is 383 g/mol. The second kappa shape index (κ2) is 6.44. The maximum absolute atomic E-state index is 14.3. The largest absolute Gasteiger partial charge is 0.482 e. The second-order valence-electron chi connectivity index (χ2n) is 5.47. The van der Waals surface area contributed by atoms with Gasteiger partial charge in [-0.1, -0.05) is 23.2 Å². The number of halogens is 6. The van der Waals surface area contributed by atoms with Crippen molar-refractivity contribution in [3.63, 3.8) is 0 Å². The van der Waals surface area contributed by atoms with Gasteiger partial charge in [-0.2, -0.15) is 18.3 Å². The van der Waals surface area contributed by atoms with Gasteiger partial charge in [0.15, 0.2) is 12.4 Å². The van der Waals surface area contributed by atoms with Gasteiger partial charge in [-0.3, -0.25) is 0 Å². The lowest BCUT2D eigenvalue weighted by Crippen LogP contribution is -2.19. The number of alkyl halides is 3. The van der Waals surface area contributed by atoms with E-state index in [9.17, 15) is 17.6 Å². The number of hydrogen-bond donors (Lipinski definition) is 0. The van der Waals surface area contributed by atoms with Gasteiger partial charge in [-0.25, -0.2) is 9.07 Å². The number of rotatable bonds is 3. The Labute approximate surface area is 145 Å². The summed E-state index contributed by atoms with van der Waals surface area (Å²) in [4.78, 5) is 0. The Kier molecular flexibility index (Phi) is 4.66. The molecule has 3 nitrogen and oxygen atoms in total. The molecule has 0 saturated carbocycles. The molecule has 0 unspecified atom stereocenters. The summed E-state index contributed by atoms with van der Waals surface area (Å²) in [6, 6.07) is 1.97. The maximum atomic E-state index is 14.3. The van der Waals surface area contributed by atoms with Crippen LogP contribution in [0.1, 0.15) is 24.1 Å². The van der Waals surface area contributed by atoms with Crippen molar-refractivity contribution >= 4 is 23.2 Å². The summed E-state index contributed by atoms with van der Waals surface area (Å²) in [5, 5.41) is 4.29. The van der Waals surface area contributed by atoms with E-state index in [1.54, 1.807) is 0 Å². The van der Waals surface area contributed by atoms with Gasteiger partial charge < -0.3 is 4.74 Å². The van der Waals surface area contributed by atoms with Crippen LogP contribution in [0.5, 0.6) is 5.75 Å². The number of benzene rings is 1. The summed E-state index contributed by atoms with van der Waals surface area (Å²) < 4.78 is 57.0. The molecule has 9 heteroatoms. The smallest absolute Gasteiger partial charge is 0.422 e. The van der Waals surface area contributed by atoms with Crippen molar-refractivity contribution in [3.05, 3.63) is 39.4 Å². The lowest BCUT2D eigenvalue weighted by atomic mass is 9.99. The van der Waals surface area contributed by atoms with Gasteiger partial charge in [0.1, 0.15) is 16.6 Å². The molecule has 1 aliphatic carbocycles. The van der Waals surface area contributed by atoms with Gasteiger partial charge in [0, 0.05) is 11.6 Å². The lowest BCUT2D eigenvalue weighted by molar-refractivity contribution is -0.153. The Morgan fingerprint density at radius 2 is 1.88 bits per heavy atom. The molecule has 0 spiro atoms. The summed E-state index contributed by atoms with van der Waals surface area (Å²) in [6.07, 6.45) is -1.14. The minimum atomic E-state index is -4.53. The standard InChI is InChI=1S/C15H12Cl2F4N2O/c16-9-5-10(18)12(6-13(9)24-7-15(19,20)21)23-14(17)8-3-1-2-4-11(8)22-23/h5-6H,1-4,7H2. The first-order valence-electron chi connectivity index (χ1n) is 7.21. The number of aryl methyl sites for hydroxylation is 1. The summed E-state index contributed by atoms with van der Waals surface area (Å²) in [6.45, 7) is -1.53. The summed E-state index contributed by atoms with van der Waals surface area (Å²) in [5.41, 5.74) is 1.52. The average Bonchev–Trinajstić information content (AvgIpc) is 2.83. The molecule has 0 saturated heterocycles. The van der Waals surface area contributed by atoms with Crippen molar-refractivity contribution in [1.29, 1.82) is 0 Å². The molecule has 1 aromatic heterocycles. The van der Waals surface area contributed by atoms with Crippen LogP contribution in [0.2, 0.25) is 10.2 Å². The summed E-state index contributed by atoms with van der Waals surface area (Å²) >= 11 is 12.0. The minimum Gasteiger partial charge on any atom is -0.482 e. The third-order valence-corrected chi connectivity index (χ3v) is 4.40. The molecule has 130 valence electrons. The van der Waals surface area contributed by atoms with Gasteiger partial charge in [0.2, 0.25) is 0 Å². The van der Waals surface area contributed by atoms with Crippen LogP contribution in [0, 0.1) is 5.82 Å². The zero-order valence-electron chi connectivity index (χ0n) is 12.3. The molecule has 0 bridgehead atoms. The molecule has 1 heterocycles. The summed E-state index contributed by atoms with van der Waals surface area (Å²) in [7, 11) is 0. The maximum Gasteiger partial charge on any atom is 0.422 e.